The van der Waals surface area contributed by atoms with E-state index < -0.39 is 8.67 Å². The van der Waals surface area contributed by atoms with Crippen LogP contribution < -0.4 is 0 Å². The van der Waals surface area contributed by atoms with Gasteiger partial charge >= 0.3 is 0 Å². The zero-order valence-corrected chi connectivity index (χ0v) is 9.92. The average Bonchev–Trinajstić information content (AvgIpc) is 2.04. The zero-order chi connectivity index (χ0) is 10.1. The lowest BCUT2D eigenvalue weighted by Crippen LogP contribution is -2.30. The topological polar surface area (TPSA) is 0 Å². The van der Waals surface area contributed by atoms with Crippen molar-refractivity contribution in [2.75, 3.05) is 0 Å². The molecule has 0 atom stereocenters. The number of benzene rings is 1. The highest BCUT2D eigenvalue weighted by Gasteiger charge is 2.44. The van der Waals surface area contributed by atoms with Crippen molar-refractivity contribution in [3.8, 4) is 0 Å². The van der Waals surface area contributed by atoms with E-state index in [0.29, 0.717) is 5.56 Å². The first-order valence-electron chi connectivity index (χ1n) is 3.67. The highest BCUT2D eigenvalue weighted by Crippen LogP contribution is 2.49. The molecular formula is C9H8Cl4. The Labute approximate surface area is 97.7 Å². The van der Waals surface area contributed by atoms with Crippen molar-refractivity contribution in [3.63, 3.8) is 0 Å². The molecule has 13 heavy (non-hydrogen) atoms. The maximum Gasteiger partial charge on any atom is 0.175 e. The molecule has 0 radical (unpaired) electrons. The van der Waals surface area contributed by atoms with Gasteiger partial charge in [-0.15, -0.1) is 0 Å². The third kappa shape index (κ3) is 2.44. The Bertz CT molecular complexity index is 273. The van der Waals surface area contributed by atoms with Crippen LogP contribution in [-0.4, -0.2) is 4.33 Å². The van der Waals surface area contributed by atoms with Crippen molar-refractivity contribution in [1.82, 2.24) is 0 Å². The van der Waals surface area contributed by atoms with E-state index in [0.717, 1.165) is 0 Å². The van der Waals surface area contributed by atoms with Crippen molar-refractivity contribution in [3.05, 3.63) is 35.9 Å². The van der Waals surface area contributed by atoms with Gasteiger partial charge in [-0.2, -0.15) is 0 Å². The fraction of sp³-hybridized carbons (Fsp3) is 0.333. The van der Waals surface area contributed by atoms with Crippen LogP contribution in [0.3, 0.4) is 0 Å². The molecule has 0 aliphatic rings. The van der Waals surface area contributed by atoms with E-state index in [4.69, 9.17) is 46.4 Å². The van der Waals surface area contributed by atoms with Crippen molar-refractivity contribution in [1.29, 1.82) is 0 Å². The first-order chi connectivity index (χ1) is 5.86. The van der Waals surface area contributed by atoms with Crippen LogP contribution in [0.5, 0.6) is 0 Å². The third-order valence-electron chi connectivity index (χ3n) is 1.69. The van der Waals surface area contributed by atoms with Gasteiger partial charge in [0.2, 0.25) is 0 Å². The minimum atomic E-state index is -1.29. The van der Waals surface area contributed by atoms with E-state index in [2.05, 4.69) is 0 Å². The fourth-order valence-electron chi connectivity index (χ4n) is 0.901. The van der Waals surface area contributed by atoms with Gasteiger partial charge in [0.25, 0.3) is 0 Å². The molecule has 1 rings (SSSR count). The molecule has 72 valence electrons. The predicted octanol–water partition coefficient (Wildman–Crippen LogP) is 4.51. The lowest BCUT2D eigenvalue weighted by molar-refractivity contribution is 0.748. The number of alkyl halides is 4. The molecule has 1 aromatic carbocycles. The molecule has 0 N–H and O–H groups in total. The molecule has 1 aromatic rings. The predicted molar refractivity (Wildman–Crippen MR) is 59.9 cm³/mol. The minimum absolute atomic E-state index is 0.686. The van der Waals surface area contributed by atoms with Crippen molar-refractivity contribution in [2.24, 2.45) is 0 Å². The lowest BCUT2D eigenvalue weighted by Gasteiger charge is -2.29. The molecule has 0 saturated heterocycles. The second-order valence-electron chi connectivity index (χ2n) is 2.83. The second-order valence-corrected chi connectivity index (χ2v) is 5.86. The Morgan fingerprint density at radius 3 is 1.77 bits per heavy atom. The summed E-state index contributed by atoms with van der Waals surface area (Å²) in [5, 5.41) is 0. The van der Waals surface area contributed by atoms with Gasteiger partial charge in [-0.25, -0.2) is 0 Å². The molecule has 0 saturated carbocycles. The van der Waals surface area contributed by atoms with Crippen LogP contribution in [0.1, 0.15) is 12.5 Å². The lowest BCUT2D eigenvalue weighted by atomic mass is 10.1. The summed E-state index contributed by atoms with van der Waals surface area (Å²) in [5.74, 6) is 0. The van der Waals surface area contributed by atoms with Gasteiger partial charge in [0.05, 0.1) is 0 Å². The Morgan fingerprint density at radius 1 is 0.923 bits per heavy atom. The highest BCUT2D eigenvalue weighted by molar-refractivity contribution is 6.61. The molecule has 0 nitrogen and oxygen atoms in total. The standard InChI is InChI=1S/C9H8Cl4/c1-8(10,11)9(12,13)7-5-3-2-4-6-7/h2-6H,1H3. The summed E-state index contributed by atoms with van der Waals surface area (Å²) in [6.45, 7) is 1.56. The van der Waals surface area contributed by atoms with Gasteiger partial charge in [-0.1, -0.05) is 76.7 Å². The average molecular weight is 258 g/mol. The molecule has 0 spiro atoms. The summed E-state index contributed by atoms with van der Waals surface area (Å²) in [7, 11) is 0. The van der Waals surface area contributed by atoms with E-state index in [9.17, 15) is 0 Å². The fourth-order valence-corrected chi connectivity index (χ4v) is 1.37. The first kappa shape index (κ1) is 11.5. The van der Waals surface area contributed by atoms with Gasteiger partial charge in [0.15, 0.2) is 8.67 Å². The maximum absolute atomic E-state index is 6.04. The number of hydrogen-bond donors (Lipinski definition) is 0. The van der Waals surface area contributed by atoms with Crippen LogP contribution in [-0.2, 0) is 4.33 Å². The zero-order valence-electron chi connectivity index (χ0n) is 6.90. The summed E-state index contributed by atoms with van der Waals surface area (Å²) in [6.07, 6.45) is 0. The number of hydrogen-bond acceptors (Lipinski definition) is 0. The van der Waals surface area contributed by atoms with E-state index in [1.165, 1.54) is 0 Å². The quantitative estimate of drug-likeness (QED) is 0.684. The molecule has 0 aromatic heterocycles. The number of halogens is 4. The normalized spacial score (nSPS) is 13.0. The van der Waals surface area contributed by atoms with E-state index in [1.54, 1.807) is 19.1 Å². The molecule has 0 amide bonds. The van der Waals surface area contributed by atoms with E-state index in [1.807, 2.05) is 18.2 Å². The van der Waals surface area contributed by atoms with Gasteiger partial charge in [-0.05, 0) is 12.5 Å². The molecule has 0 bridgehead atoms. The summed E-state index contributed by atoms with van der Waals surface area (Å²) in [6, 6.07) is 9.09. The first-order valence-corrected chi connectivity index (χ1v) is 5.18. The van der Waals surface area contributed by atoms with Gasteiger partial charge in [0.1, 0.15) is 0 Å². The molecule has 0 heterocycles. The minimum Gasteiger partial charge on any atom is -0.0982 e. The van der Waals surface area contributed by atoms with Crippen LogP contribution in [0.2, 0.25) is 0 Å². The molecular weight excluding hydrogens is 250 g/mol. The largest absolute Gasteiger partial charge is 0.175 e. The SMILES string of the molecule is CC(Cl)(Cl)C(Cl)(Cl)c1ccccc1. The van der Waals surface area contributed by atoms with Crippen LogP contribution in [0.15, 0.2) is 30.3 Å². The Hall–Kier alpha value is 0.380. The van der Waals surface area contributed by atoms with Crippen molar-refractivity contribution < 1.29 is 0 Å². The van der Waals surface area contributed by atoms with Crippen molar-refractivity contribution >= 4 is 46.4 Å². The van der Waals surface area contributed by atoms with E-state index in [-0.39, 0.29) is 0 Å². The van der Waals surface area contributed by atoms with Crippen LogP contribution >= 0.6 is 46.4 Å². The monoisotopic (exact) mass is 256 g/mol. The molecule has 0 unspecified atom stereocenters. The summed E-state index contributed by atoms with van der Waals surface area (Å²) < 4.78 is -2.52. The van der Waals surface area contributed by atoms with Crippen molar-refractivity contribution in [2.45, 2.75) is 15.6 Å². The molecule has 0 aliphatic heterocycles. The second kappa shape index (κ2) is 3.86. The van der Waals surface area contributed by atoms with Crippen LogP contribution in [0, 0.1) is 0 Å². The molecule has 0 fully saturated rings. The summed E-state index contributed by atoms with van der Waals surface area (Å²) in [4.78, 5) is 0. The summed E-state index contributed by atoms with van der Waals surface area (Å²) >= 11 is 23.8. The number of rotatable bonds is 2. The molecule has 0 aliphatic carbocycles. The third-order valence-corrected chi connectivity index (χ3v) is 3.83. The molecule has 4 heteroatoms. The Balaban J connectivity index is 3.08. The van der Waals surface area contributed by atoms with Crippen LogP contribution in [0.25, 0.3) is 0 Å². The van der Waals surface area contributed by atoms with E-state index >= 15 is 0 Å². The van der Waals surface area contributed by atoms with Gasteiger partial charge in [0, 0.05) is 0 Å². The maximum atomic E-state index is 6.04. The Morgan fingerprint density at radius 2 is 1.38 bits per heavy atom. The summed E-state index contributed by atoms with van der Waals surface area (Å²) in [5.41, 5.74) is 0.686. The van der Waals surface area contributed by atoms with Crippen LogP contribution in [0.4, 0.5) is 0 Å². The highest BCUT2D eigenvalue weighted by atomic mass is 35.5. The van der Waals surface area contributed by atoms with Gasteiger partial charge in [-0.3, -0.25) is 0 Å². The Kier molecular flexibility index (Phi) is 3.40. The van der Waals surface area contributed by atoms with Gasteiger partial charge < -0.3 is 0 Å². The smallest absolute Gasteiger partial charge is 0.0982 e.